The number of fused-ring (bicyclic) bond motifs is 10. The minimum Gasteiger partial charge on any atom is -0.310 e. The van der Waals surface area contributed by atoms with Gasteiger partial charge in [0.25, 0.3) is 0 Å². The van der Waals surface area contributed by atoms with Crippen LogP contribution in [0, 0.1) is 0 Å². The summed E-state index contributed by atoms with van der Waals surface area (Å²) in [5.41, 5.74) is 26.8. The van der Waals surface area contributed by atoms with Crippen molar-refractivity contribution in [1.29, 1.82) is 0 Å². The second kappa shape index (κ2) is 19.0. The van der Waals surface area contributed by atoms with Gasteiger partial charge >= 0.3 is 0 Å². The average Bonchev–Trinajstić information content (AvgIpc) is 4.05. The summed E-state index contributed by atoms with van der Waals surface area (Å²) < 4.78 is 0. The van der Waals surface area contributed by atoms with Crippen molar-refractivity contribution in [2.75, 3.05) is 4.90 Å². The van der Waals surface area contributed by atoms with E-state index in [0.29, 0.717) is 0 Å². The lowest BCUT2D eigenvalue weighted by Crippen LogP contribution is -2.26. The van der Waals surface area contributed by atoms with E-state index < -0.39 is 5.41 Å². The molecule has 2 aliphatic carbocycles. The van der Waals surface area contributed by atoms with Gasteiger partial charge in [-0.25, -0.2) is 0 Å². The summed E-state index contributed by atoms with van der Waals surface area (Å²) in [7, 11) is 0. The van der Waals surface area contributed by atoms with Crippen LogP contribution in [0.2, 0.25) is 0 Å². The third-order valence-corrected chi connectivity index (χ3v) is 16.1. The molecule has 0 bridgehead atoms. The van der Waals surface area contributed by atoms with E-state index in [1.165, 1.54) is 106 Å². The van der Waals surface area contributed by atoms with Crippen LogP contribution in [0.5, 0.6) is 0 Å². The van der Waals surface area contributed by atoms with Crippen LogP contribution >= 0.6 is 0 Å². The monoisotopic (exact) mass is 967 g/mol. The van der Waals surface area contributed by atoms with Crippen LogP contribution in [0.25, 0.3) is 66.8 Å². The number of rotatable bonds is 11. The van der Waals surface area contributed by atoms with Gasteiger partial charge in [-0.05, 0) is 149 Å². The van der Waals surface area contributed by atoms with Crippen molar-refractivity contribution in [3.05, 3.63) is 342 Å². The highest BCUT2D eigenvalue weighted by Gasteiger charge is 2.52. The van der Waals surface area contributed by atoms with Crippen molar-refractivity contribution in [2.24, 2.45) is 0 Å². The Hall–Kier alpha value is -9.56. The number of hydrogen-bond donors (Lipinski definition) is 0. The predicted octanol–water partition coefficient (Wildman–Crippen LogP) is 19.5. The van der Waals surface area contributed by atoms with Crippen molar-refractivity contribution >= 4 is 17.1 Å². The summed E-state index contributed by atoms with van der Waals surface area (Å²) in [6, 6.07) is 113. The molecule has 358 valence electrons. The Morgan fingerprint density at radius 1 is 0.250 bits per heavy atom. The Morgan fingerprint density at radius 3 is 1.04 bits per heavy atom. The molecule has 14 rings (SSSR count). The van der Waals surface area contributed by atoms with Crippen LogP contribution in [0.4, 0.5) is 17.1 Å². The molecule has 1 nitrogen and oxygen atoms in total. The number of benzene rings is 12. The predicted molar refractivity (Wildman–Crippen MR) is 318 cm³/mol. The fourth-order valence-electron chi connectivity index (χ4n) is 12.5. The first kappa shape index (κ1) is 45.1. The smallest absolute Gasteiger partial charge is 0.0726 e. The second-order valence-electron chi connectivity index (χ2n) is 20.3. The van der Waals surface area contributed by atoms with Crippen LogP contribution in [-0.2, 0) is 11.8 Å². The van der Waals surface area contributed by atoms with E-state index in [-0.39, 0.29) is 5.92 Å². The molecule has 0 aromatic heterocycles. The molecular formula is C75H53N. The summed E-state index contributed by atoms with van der Waals surface area (Å²) in [6.07, 6.45) is 0.858. The minimum absolute atomic E-state index is 0.0918. The molecule has 1 spiro atoms. The highest BCUT2D eigenvalue weighted by atomic mass is 15.1. The van der Waals surface area contributed by atoms with Gasteiger partial charge in [0.2, 0.25) is 0 Å². The van der Waals surface area contributed by atoms with E-state index in [1.807, 2.05) is 0 Å². The normalized spacial score (nSPS) is 14.1. The first-order valence-electron chi connectivity index (χ1n) is 26.6. The highest BCUT2D eigenvalue weighted by molar-refractivity contribution is 5.96. The Morgan fingerprint density at radius 2 is 0.579 bits per heavy atom. The van der Waals surface area contributed by atoms with Crippen molar-refractivity contribution < 1.29 is 0 Å². The van der Waals surface area contributed by atoms with E-state index in [9.17, 15) is 0 Å². The molecule has 2 aliphatic rings. The van der Waals surface area contributed by atoms with Gasteiger partial charge in [0.15, 0.2) is 0 Å². The maximum atomic E-state index is 2.59. The van der Waals surface area contributed by atoms with Gasteiger partial charge in [-0.15, -0.1) is 0 Å². The maximum Gasteiger partial charge on any atom is 0.0726 e. The molecule has 12 aromatic carbocycles. The Balaban J connectivity index is 0.936. The summed E-state index contributed by atoms with van der Waals surface area (Å²) in [4.78, 5) is 2.44. The van der Waals surface area contributed by atoms with Crippen LogP contribution in [-0.4, -0.2) is 0 Å². The van der Waals surface area contributed by atoms with Gasteiger partial charge in [0.1, 0.15) is 0 Å². The third kappa shape index (κ3) is 7.79. The van der Waals surface area contributed by atoms with Gasteiger partial charge in [0, 0.05) is 23.0 Å². The number of anilines is 3. The van der Waals surface area contributed by atoms with E-state index in [4.69, 9.17) is 0 Å². The molecule has 0 aliphatic heterocycles. The van der Waals surface area contributed by atoms with Crippen molar-refractivity contribution in [3.63, 3.8) is 0 Å². The first-order chi connectivity index (χ1) is 37.7. The lowest BCUT2D eigenvalue weighted by Gasteiger charge is -2.33. The quantitative estimate of drug-likeness (QED) is 0.125. The molecule has 2 atom stereocenters. The van der Waals surface area contributed by atoms with Gasteiger partial charge in [-0.1, -0.05) is 267 Å². The highest BCUT2D eigenvalue weighted by Crippen LogP contribution is 2.64. The molecular weight excluding hydrogens is 915 g/mol. The topological polar surface area (TPSA) is 3.24 Å². The fraction of sp³-hybridized carbons (Fsp3) is 0.0400. The van der Waals surface area contributed by atoms with Crippen molar-refractivity contribution in [1.82, 2.24) is 0 Å². The summed E-state index contributed by atoms with van der Waals surface area (Å²) in [5, 5.41) is 0. The lowest BCUT2D eigenvalue weighted by atomic mass is 9.69. The Bertz CT molecular complexity index is 3920. The van der Waals surface area contributed by atoms with E-state index in [1.54, 1.807) is 0 Å². The molecule has 76 heavy (non-hydrogen) atoms. The van der Waals surface area contributed by atoms with Gasteiger partial charge in [-0.3, -0.25) is 0 Å². The minimum atomic E-state index is -0.567. The SMILES string of the molecule is c1ccc(-c2ccc(CC(c3ccc(-c4ccccc4)cc3)c3ccc4c(c3)C3(c5ccccc5-4)c4ccccc4-c4ccc(N(c5ccc(-c6ccccc6)cc5)c5ccc(-c6ccccc6)cc5)cc43)cc2)cc1. The van der Waals surface area contributed by atoms with Crippen LogP contribution in [0.15, 0.2) is 303 Å². The molecule has 0 fully saturated rings. The molecule has 0 amide bonds. The molecule has 0 N–H and O–H groups in total. The van der Waals surface area contributed by atoms with Crippen molar-refractivity contribution in [3.8, 4) is 66.8 Å². The number of hydrogen-bond acceptors (Lipinski definition) is 1. The van der Waals surface area contributed by atoms with Gasteiger partial charge in [-0.2, -0.15) is 0 Å². The van der Waals surface area contributed by atoms with Crippen LogP contribution < -0.4 is 4.90 Å². The molecule has 0 saturated carbocycles. The van der Waals surface area contributed by atoms with Crippen LogP contribution in [0.3, 0.4) is 0 Å². The average molecular weight is 968 g/mol. The zero-order valence-corrected chi connectivity index (χ0v) is 42.1. The Kier molecular flexibility index (Phi) is 11.3. The van der Waals surface area contributed by atoms with E-state index >= 15 is 0 Å². The maximum absolute atomic E-state index is 2.59. The fourth-order valence-corrected chi connectivity index (χ4v) is 12.5. The van der Waals surface area contributed by atoms with Gasteiger partial charge < -0.3 is 4.90 Å². The lowest BCUT2D eigenvalue weighted by molar-refractivity contribution is 0.773. The first-order valence-corrected chi connectivity index (χ1v) is 26.6. The summed E-state index contributed by atoms with van der Waals surface area (Å²) in [6.45, 7) is 0. The van der Waals surface area contributed by atoms with Crippen LogP contribution in [0.1, 0.15) is 44.9 Å². The third-order valence-electron chi connectivity index (χ3n) is 16.1. The molecule has 1 heteroatoms. The zero-order chi connectivity index (χ0) is 50.4. The number of nitrogens with zero attached hydrogens (tertiary/aromatic N) is 1. The second-order valence-corrected chi connectivity index (χ2v) is 20.3. The molecule has 2 unspecified atom stereocenters. The van der Waals surface area contributed by atoms with Gasteiger partial charge in [0.05, 0.1) is 5.41 Å². The van der Waals surface area contributed by atoms with E-state index in [2.05, 4.69) is 308 Å². The largest absolute Gasteiger partial charge is 0.310 e. The summed E-state index contributed by atoms with van der Waals surface area (Å²) >= 11 is 0. The molecule has 0 radical (unpaired) electrons. The standard InChI is InChI=1S/C75H53N/c1-5-17-53(18-6-1)57-31-29-52(30-32-57)49-70(61-35-33-58(34-36-61)54-19-7-2-8-20-54)62-41-47-68-66-25-13-15-27-71(66)75(73(68)50-62)72-28-16-14-26-67(72)69-48-46-65(51-74(69)75)76(63-42-37-59(38-43-63)55-21-9-3-10-22-55)64-44-39-60(40-45-64)56-23-11-4-12-24-56/h1-48,50-51,70H,49H2. The molecule has 0 heterocycles. The Labute approximate surface area is 446 Å². The summed E-state index contributed by atoms with van der Waals surface area (Å²) in [5.74, 6) is 0.0918. The van der Waals surface area contributed by atoms with E-state index in [0.717, 1.165) is 23.5 Å². The zero-order valence-electron chi connectivity index (χ0n) is 42.1. The molecule has 0 saturated heterocycles. The molecule has 12 aromatic rings. The van der Waals surface area contributed by atoms with Crippen molar-refractivity contribution in [2.45, 2.75) is 17.8 Å².